The van der Waals surface area contributed by atoms with Gasteiger partial charge in [0, 0.05) is 63.5 Å². The summed E-state index contributed by atoms with van der Waals surface area (Å²) in [4.78, 5) is 44.0. The van der Waals surface area contributed by atoms with Crippen LogP contribution in [0.15, 0.2) is 42.5 Å². The largest absolute Gasteiger partial charge is 0.453 e. The molecule has 9 nitrogen and oxygen atoms in total. The number of carbonyl (C=O) groups excluding carboxylic acids is 3. The fourth-order valence-corrected chi connectivity index (χ4v) is 4.70. The van der Waals surface area contributed by atoms with Crippen molar-refractivity contribution >= 4 is 29.3 Å². The van der Waals surface area contributed by atoms with Gasteiger partial charge < -0.3 is 24.8 Å². The number of piperazine rings is 2. The van der Waals surface area contributed by atoms with Crippen molar-refractivity contribution in [3.63, 3.8) is 0 Å². The number of amides is 3. The van der Waals surface area contributed by atoms with E-state index in [1.807, 2.05) is 40.1 Å². The number of hydrogen-bond acceptors (Lipinski definition) is 6. The molecule has 2 aliphatic heterocycles. The van der Waals surface area contributed by atoms with Crippen molar-refractivity contribution in [1.29, 1.82) is 0 Å². The van der Waals surface area contributed by atoms with Crippen molar-refractivity contribution < 1.29 is 19.1 Å². The zero-order valence-electron chi connectivity index (χ0n) is 22.2. The lowest BCUT2D eigenvalue weighted by molar-refractivity contribution is 0.0731. The van der Waals surface area contributed by atoms with Crippen molar-refractivity contribution in [3.8, 4) is 0 Å². The monoisotopic (exact) mass is 507 g/mol. The first-order valence-corrected chi connectivity index (χ1v) is 12.8. The second-order valence-electron chi connectivity index (χ2n) is 10.5. The first-order valence-electron chi connectivity index (χ1n) is 12.8. The Kier molecular flexibility index (Phi) is 8.02. The number of nitrogens with zero attached hydrogens (tertiary/aromatic N) is 3. The molecule has 2 N–H and O–H groups in total. The van der Waals surface area contributed by atoms with Gasteiger partial charge in [-0.05, 0) is 41.3 Å². The lowest BCUT2D eigenvalue weighted by Crippen LogP contribution is -2.49. The molecule has 9 heteroatoms. The average molecular weight is 508 g/mol. The van der Waals surface area contributed by atoms with Gasteiger partial charge in [0.1, 0.15) is 0 Å². The van der Waals surface area contributed by atoms with Crippen LogP contribution in [0.25, 0.3) is 0 Å². The fraction of sp³-hybridized carbons (Fsp3) is 0.464. The summed E-state index contributed by atoms with van der Waals surface area (Å²) in [6.45, 7) is 11.6. The maximum absolute atomic E-state index is 13.1. The van der Waals surface area contributed by atoms with Crippen LogP contribution in [-0.2, 0) is 10.2 Å². The topological polar surface area (TPSA) is 94.2 Å². The standard InChI is InChI=1S/C28H37N5O4/c1-28(2,3)22-8-5-20(6-9-22)25(34)33-17-15-31(16-18-33)24-10-7-21(19-23(24)30-27(36)37-4)26(35)32-13-11-29-12-14-32/h5-10,19,29H,11-18H2,1-4H3,(H,30,36). The van der Waals surface area contributed by atoms with Crippen molar-refractivity contribution in [1.82, 2.24) is 15.1 Å². The highest BCUT2D eigenvalue weighted by molar-refractivity contribution is 5.99. The average Bonchev–Trinajstić information content (AvgIpc) is 2.92. The number of rotatable bonds is 4. The van der Waals surface area contributed by atoms with E-state index in [4.69, 9.17) is 4.74 Å². The van der Waals surface area contributed by atoms with Gasteiger partial charge in [0.25, 0.3) is 11.8 Å². The highest BCUT2D eigenvalue weighted by Crippen LogP contribution is 2.30. The van der Waals surface area contributed by atoms with Gasteiger partial charge in [0.2, 0.25) is 0 Å². The van der Waals surface area contributed by atoms with Crippen LogP contribution in [0.1, 0.15) is 47.1 Å². The molecule has 4 rings (SSSR count). The first-order chi connectivity index (χ1) is 17.7. The van der Waals surface area contributed by atoms with E-state index < -0.39 is 6.09 Å². The Morgan fingerprint density at radius 1 is 0.811 bits per heavy atom. The molecule has 37 heavy (non-hydrogen) atoms. The van der Waals surface area contributed by atoms with Gasteiger partial charge in [-0.1, -0.05) is 32.9 Å². The molecule has 2 heterocycles. The molecule has 2 aromatic carbocycles. The molecule has 0 aromatic heterocycles. The molecule has 198 valence electrons. The molecule has 2 saturated heterocycles. The van der Waals surface area contributed by atoms with E-state index in [0.29, 0.717) is 56.1 Å². The van der Waals surface area contributed by atoms with Crippen LogP contribution in [0.2, 0.25) is 0 Å². The summed E-state index contributed by atoms with van der Waals surface area (Å²) in [7, 11) is 1.31. The Morgan fingerprint density at radius 2 is 1.38 bits per heavy atom. The lowest BCUT2D eigenvalue weighted by atomic mass is 9.86. The number of ether oxygens (including phenoxy) is 1. The van der Waals surface area contributed by atoms with Crippen LogP contribution >= 0.6 is 0 Å². The highest BCUT2D eigenvalue weighted by atomic mass is 16.5. The zero-order valence-corrected chi connectivity index (χ0v) is 22.2. The Balaban J connectivity index is 1.46. The first kappa shape index (κ1) is 26.5. The highest BCUT2D eigenvalue weighted by Gasteiger charge is 2.26. The van der Waals surface area contributed by atoms with Crippen molar-refractivity contribution in [2.75, 3.05) is 69.7 Å². The summed E-state index contributed by atoms with van der Waals surface area (Å²) in [5.74, 6) is -0.0427. The predicted molar refractivity (Wildman–Crippen MR) is 145 cm³/mol. The molecule has 2 fully saturated rings. The summed E-state index contributed by atoms with van der Waals surface area (Å²) in [5.41, 5.74) is 3.75. The van der Waals surface area contributed by atoms with Crippen LogP contribution in [0.4, 0.5) is 16.2 Å². The number of methoxy groups -OCH3 is 1. The second kappa shape index (κ2) is 11.2. The van der Waals surface area contributed by atoms with Crippen LogP contribution in [-0.4, -0.2) is 87.2 Å². The van der Waals surface area contributed by atoms with Gasteiger partial charge in [0.15, 0.2) is 0 Å². The molecule has 3 amide bonds. The van der Waals surface area contributed by atoms with Crippen LogP contribution in [0.5, 0.6) is 0 Å². The van der Waals surface area contributed by atoms with Gasteiger partial charge in [-0.15, -0.1) is 0 Å². The summed E-state index contributed by atoms with van der Waals surface area (Å²) in [6, 6.07) is 13.2. The SMILES string of the molecule is COC(=O)Nc1cc(C(=O)N2CCNCC2)ccc1N1CCN(C(=O)c2ccc(C(C)(C)C)cc2)CC1. The molecular weight excluding hydrogens is 470 g/mol. The number of carbonyl (C=O) groups is 3. The number of hydrogen-bond donors (Lipinski definition) is 2. The van der Waals surface area contributed by atoms with Gasteiger partial charge in [-0.3, -0.25) is 14.9 Å². The molecule has 0 unspecified atom stereocenters. The van der Waals surface area contributed by atoms with Crippen LogP contribution in [0.3, 0.4) is 0 Å². The van der Waals surface area contributed by atoms with E-state index in [1.165, 1.54) is 12.7 Å². The smallest absolute Gasteiger partial charge is 0.411 e. The Labute approximate surface area is 218 Å². The van der Waals surface area contributed by atoms with E-state index in [9.17, 15) is 14.4 Å². The van der Waals surface area contributed by atoms with Gasteiger partial charge in [0.05, 0.1) is 18.5 Å². The van der Waals surface area contributed by atoms with Gasteiger partial charge >= 0.3 is 6.09 Å². The Bertz CT molecular complexity index is 1130. The third-order valence-electron chi connectivity index (χ3n) is 6.98. The molecule has 2 aliphatic rings. The predicted octanol–water partition coefficient (Wildman–Crippen LogP) is 3.17. The minimum atomic E-state index is -0.597. The van der Waals surface area contributed by atoms with Gasteiger partial charge in [-0.2, -0.15) is 0 Å². The molecule has 2 aromatic rings. The Hall–Kier alpha value is -3.59. The minimum Gasteiger partial charge on any atom is -0.453 e. The maximum atomic E-state index is 13.1. The van der Waals surface area contributed by atoms with E-state index in [1.54, 1.807) is 12.1 Å². The second-order valence-corrected chi connectivity index (χ2v) is 10.5. The zero-order chi connectivity index (χ0) is 26.6. The third-order valence-corrected chi connectivity index (χ3v) is 6.98. The third kappa shape index (κ3) is 6.22. The summed E-state index contributed by atoms with van der Waals surface area (Å²) in [6.07, 6.45) is -0.597. The summed E-state index contributed by atoms with van der Waals surface area (Å²) >= 11 is 0. The number of nitrogens with one attached hydrogen (secondary N) is 2. The normalized spacial score (nSPS) is 16.4. The van der Waals surface area contributed by atoms with Crippen LogP contribution < -0.4 is 15.5 Å². The number of anilines is 2. The summed E-state index contributed by atoms with van der Waals surface area (Å²) < 4.78 is 4.81. The molecule has 0 spiro atoms. The van der Waals surface area contributed by atoms with Crippen molar-refractivity contribution in [2.45, 2.75) is 26.2 Å². The van der Waals surface area contributed by atoms with Crippen molar-refractivity contribution in [2.24, 2.45) is 0 Å². The van der Waals surface area contributed by atoms with Gasteiger partial charge in [-0.25, -0.2) is 4.79 Å². The molecule has 0 saturated carbocycles. The molecular formula is C28H37N5O4. The van der Waals surface area contributed by atoms with E-state index in [2.05, 4.69) is 36.3 Å². The fourth-order valence-electron chi connectivity index (χ4n) is 4.70. The van der Waals surface area contributed by atoms with E-state index >= 15 is 0 Å². The summed E-state index contributed by atoms with van der Waals surface area (Å²) in [5, 5.41) is 6.01. The molecule has 0 atom stereocenters. The minimum absolute atomic E-state index is 0.0185. The van der Waals surface area contributed by atoms with Crippen LogP contribution in [0, 0.1) is 0 Å². The molecule has 0 bridgehead atoms. The van der Waals surface area contributed by atoms with Crippen molar-refractivity contribution in [3.05, 3.63) is 59.2 Å². The quantitative estimate of drug-likeness (QED) is 0.660. The Morgan fingerprint density at radius 3 is 1.97 bits per heavy atom. The molecule has 0 aliphatic carbocycles. The maximum Gasteiger partial charge on any atom is 0.411 e. The van der Waals surface area contributed by atoms with E-state index in [0.717, 1.165) is 18.8 Å². The molecule has 0 radical (unpaired) electrons. The lowest BCUT2D eigenvalue weighted by Gasteiger charge is -2.37. The van der Waals surface area contributed by atoms with E-state index in [-0.39, 0.29) is 17.2 Å². The number of benzene rings is 2.